The summed E-state index contributed by atoms with van der Waals surface area (Å²) in [6, 6.07) is 19.9. The van der Waals surface area contributed by atoms with Crippen molar-refractivity contribution in [2.45, 2.75) is 26.2 Å². The van der Waals surface area contributed by atoms with Crippen LogP contribution in [0.25, 0.3) is 43.1 Å². The summed E-state index contributed by atoms with van der Waals surface area (Å²) < 4.78 is 0. The van der Waals surface area contributed by atoms with Crippen LogP contribution in [0.15, 0.2) is 48.5 Å². The molecular formula is C48H80N12. The molecule has 0 saturated heterocycles. The summed E-state index contributed by atoms with van der Waals surface area (Å²) in [6.07, 6.45) is 0. The summed E-state index contributed by atoms with van der Waals surface area (Å²) >= 11 is 0. The van der Waals surface area contributed by atoms with E-state index in [1.807, 2.05) is 0 Å². The van der Waals surface area contributed by atoms with Gasteiger partial charge in [0.2, 0.25) is 0 Å². The van der Waals surface area contributed by atoms with Crippen LogP contribution < -0.4 is 0 Å². The van der Waals surface area contributed by atoms with Gasteiger partial charge in [0.25, 0.3) is 0 Å². The van der Waals surface area contributed by atoms with Crippen LogP contribution in [0, 0.1) is 0 Å². The van der Waals surface area contributed by atoms with Gasteiger partial charge in [-0.15, -0.1) is 0 Å². The van der Waals surface area contributed by atoms with Crippen LogP contribution in [-0.4, -0.2) is 225 Å². The first-order valence-electron chi connectivity index (χ1n) is 21.5. The Morgan fingerprint density at radius 1 is 0.267 bits per heavy atom. The van der Waals surface area contributed by atoms with Crippen molar-refractivity contribution in [2.24, 2.45) is 0 Å². The third-order valence-corrected chi connectivity index (χ3v) is 10.6. The monoisotopic (exact) mass is 825 g/mol. The van der Waals surface area contributed by atoms with Gasteiger partial charge in [0, 0.05) is 26.2 Å². The Morgan fingerprint density at radius 3 is 0.750 bits per heavy atom. The van der Waals surface area contributed by atoms with Crippen LogP contribution >= 0.6 is 0 Å². The van der Waals surface area contributed by atoms with Gasteiger partial charge in [0.15, 0.2) is 0 Å². The fourth-order valence-electron chi connectivity index (χ4n) is 9.31. The second kappa shape index (κ2) is 21.3. The molecule has 0 unspecified atom stereocenters. The van der Waals surface area contributed by atoms with Gasteiger partial charge in [-0.3, -0.25) is 58.8 Å². The molecule has 0 aliphatic rings. The first kappa shape index (κ1) is 48.0. The van der Waals surface area contributed by atoms with Gasteiger partial charge >= 0.3 is 0 Å². The average Bonchev–Trinajstić information content (AvgIpc) is 3.09. The van der Waals surface area contributed by atoms with E-state index in [2.05, 4.69) is 220 Å². The van der Waals surface area contributed by atoms with E-state index in [-0.39, 0.29) is 0 Å². The van der Waals surface area contributed by atoms with E-state index in [9.17, 15) is 0 Å². The summed E-state index contributed by atoms with van der Waals surface area (Å²) in [4.78, 5) is 28.4. The maximum atomic E-state index is 2.55. The Labute approximate surface area is 363 Å². The summed E-state index contributed by atoms with van der Waals surface area (Å²) in [5, 5.41) is 10.9. The van der Waals surface area contributed by atoms with Crippen molar-refractivity contribution in [1.29, 1.82) is 0 Å². The van der Waals surface area contributed by atoms with Crippen LogP contribution in [0.4, 0.5) is 0 Å². The molecule has 0 atom stereocenters. The zero-order chi connectivity index (χ0) is 44.0. The fourth-order valence-corrected chi connectivity index (χ4v) is 9.31. The number of benzene rings is 5. The van der Waals surface area contributed by atoms with E-state index in [4.69, 9.17) is 0 Å². The second-order valence-corrected chi connectivity index (χ2v) is 19.8. The number of hydrogen-bond acceptors (Lipinski definition) is 12. The quantitative estimate of drug-likeness (QED) is 0.0473. The topological polar surface area (TPSA) is 38.9 Å². The molecule has 0 fully saturated rings. The molecule has 332 valence electrons. The lowest BCUT2D eigenvalue weighted by molar-refractivity contribution is 0.111. The molecule has 0 heterocycles. The molecule has 0 aromatic heterocycles. The molecule has 0 amide bonds. The zero-order valence-corrected chi connectivity index (χ0v) is 40.5. The van der Waals surface area contributed by atoms with Crippen molar-refractivity contribution < 1.29 is 0 Å². The third-order valence-electron chi connectivity index (χ3n) is 10.6. The smallest absolute Gasteiger partial charge is 0.0516 e. The Hall–Kier alpha value is -3.08. The summed E-state index contributed by atoms with van der Waals surface area (Å²) in [6.45, 7) is 10.6. The molecular weight excluding hydrogens is 745 g/mol. The first-order valence-corrected chi connectivity index (χ1v) is 21.5. The Kier molecular flexibility index (Phi) is 17.1. The lowest BCUT2D eigenvalue weighted by Crippen LogP contribution is -2.39. The largest absolute Gasteiger partial charge is 0.297 e. The number of nitrogens with zero attached hydrogens (tertiary/aromatic N) is 12. The molecule has 0 aliphatic carbocycles. The molecule has 5 aromatic carbocycles. The third kappa shape index (κ3) is 13.0. The summed E-state index contributed by atoms with van der Waals surface area (Å²) in [5.41, 5.74) is 5.47. The molecule has 0 N–H and O–H groups in total. The zero-order valence-electron chi connectivity index (χ0n) is 40.5. The average molecular weight is 825 g/mol. The highest BCUT2D eigenvalue weighted by atomic mass is 15.4. The van der Waals surface area contributed by atoms with Crippen LogP contribution in [0.2, 0.25) is 0 Å². The fraction of sp³-hybridized carbons (Fsp3) is 0.583. The van der Waals surface area contributed by atoms with Crippen molar-refractivity contribution in [3.63, 3.8) is 0 Å². The molecule has 0 aliphatic heterocycles. The lowest BCUT2D eigenvalue weighted by Gasteiger charge is -2.31. The summed E-state index contributed by atoms with van der Waals surface area (Å²) in [5.74, 6) is 0. The van der Waals surface area contributed by atoms with Crippen LogP contribution in [-0.2, 0) is 26.2 Å². The number of rotatable bonds is 24. The van der Waals surface area contributed by atoms with Gasteiger partial charge < -0.3 is 0 Å². The normalized spacial score (nSPS) is 13.3. The standard InChI is InChI=1S/C48H80N12/c1-49(2)29-57(30-50(3)4)25-37-21-43-39(27-59(33-53(9)10)34-54(11)12)17-20-42-46-24-38(26-58(31-51(5)6)32-52(7)8)22-44-40(28-60(35-55(13)14)36-56(15)16)18-19-41(48(44)46)45(23-37)47(42)43/h17-24H,25-36H2,1-16H3. The minimum absolute atomic E-state index is 0.868. The van der Waals surface area contributed by atoms with E-state index in [1.54, 1.807) is 0 Å². The van der Waals surface area contributed by atoms with E-state index in [0.717, 1.165) is 79.5 Å². The maximum Gasteiger partial charge on any atom is 0.0516 e. The predicted octanol–water partition coefficient (Wildman–Crippen LogP) is 5.10. The van der Waals surface area contributed by atoms with Crippen LogP contribution in [0.1, 0.15) is 22.3 Å². The van der Waals surface area contributed by atoms with Crippen molar-refractivity contribution in [2.75, 3.05) is 166 Å². The molecule has 5 aromatic rings. The number of fused-ring (bicyclic) bond motifs is 2. The van der Waals surface area contributed by atoms with Crippen molar-refractivity contribution >= 4 is 43.1 Å². The van der Waals surface area contributed by atoms with Crippen molar-refractivity contribution in [3.05, 3.63) is 70.8 Å². The van der Waals surface area contributed by atoms with E-state index in [0.29, 0.717) is 0 Å². The number of hydrogen-bond donors (Lipinski definition) is 0. The second-order valence-electron chi connectivity index (χ2n) is 19.8. The van der Waals surface area contributed by atoms with Crippen LogP contribution in [0.3, 0.4) is 0 Å². The highest BCUT2D eigenvalue weighted by Gasteiger charge is 2.22. The van der Waals surface area contributed by atoms with Gasteiger partial charge in [-0.1, -0.05) is 24.3 Å². The minimum atomic E-state index is 0.868. The SMILES string of the molecule is CN(C)CN(Cc1cc2c(CN(CN(C)C)CN(C)C)ccc3c4cc(CN(CN(C)C)CN(C)C)cc5c(CN(CN(C)C)CN(C)C)ccc(c(c1)c23)c54)CN(C)C. The molecule has 0 radical (unpaired) electrons. The van der Waals surface area contributed by atoms with Gasteiger partial charge in [0.05, 0.1) is 53.3 Å². The maximum absolute atomic E-state index is 2.55. The van der Waals surface area contributed by atoms with Crippen molar-refractivity contribution in [3.8, 4) is 0 Å². The molecule has 0 bridgehead atoms. The molecule has 5 rings (SSSR count). The van der Waals surface area contributed by atoms with Gasteiger partial charge in [-0.25, -0.2) is 0 Å². The van der Waals surface area contributed by atoms with Crippen molar-refractivity contribution in [1.82, 2.24) is 58.8 Å². The van der Waals surface area contributed by atoms with Gasteiger partial charge in [-0.2, -0.15) is 0 Å². The van der Waals surface area contributed by atoms with Gasteiger partial charge in [-0.05, 0) is 202 Å². The van der Waals surface area contributed by atoms with E-state index in [1.165, 1.54) is 65.3 Å². The minimum Gasteiger partial charge on any atom is -0.297 e. The molecule has 0 spiro atoms. The molecule has 12 heteroatoms. The Balaban J connectivity index is 1.85. The molecule has 0 saturated carbocycles. The summed E-state index contributed by atoms with van der Waals surface area (Å²) in [7, 11) is 34.7. The predicted molar refractivity (Wildman–Crippen MR) is 258 cm³/mol. The highest BCUT2D eigenvalue weighted by molar-refractivity contribution is 6.33. The molecule has 12 nitrogen and oxygen atoms in total. The Morgan fingerprint density at radius 2 is 0.500 bits per heavy atom. The first-order chi connectivity index (χ1) is 28.3. The van der Waals surface area contributed by atoms with E-state index >= 15 is 0 Å². The lowest BCUT2D eigenvalue weighted by atomic mass is 9.85. The van der Waals surface area contributed by atoms with Crippen LogP contribution in [0.5, 0.6) is 0 Å². The van der Waals surface area contributed by atoms with E-state index < -0.39 is 0 Å². The highest BCUT2D eigenvalue weighted by Crippen LogP contribution is 2.44. The van der Waals surface area contributed by atoms with Gasteiger partial charge in [0.1, 0.15) is 0 Å². The Bertz CT molecular complexity index is 1920. The molecule has 60 heavy (non-hydrogen) atoms.